The second-order valence-corrected chi connectivity index (χ2v) is 9.30. The Morgan fingerprint density at radius 2 is 1.79 bits per heavy atom. The zero-order valence-corrected chi connectivity index (χ0v) is 13.7. The van der Waals surface area contributed by atoms with Crippen LogP contribution in [0, 0.1) is 0 Å². The lowest BCUT2D eigenvalue weighted by Crippen LogP contribution is -1.98. The summed E-state index contributed by atoms with van der Waals surface area (Å²) in [4.78, 5) is 0.328. The Bertz CT molecular complexity index is 556. The smallest absolute Gasteiger partial charge is 0.175 e. The Morgan fingerprint density at radius 1 is 1.21 bits per heavy atom. The first-order chi connectivity index (χ1) is 8.97. The maximum atomic E-state index is 11.4. The van der Waals surface area contributed by atoms with Gasteiger partial charge in [0, 0.05) is 10.5 Å². The molecule has 1 aliphatic rings. The number of rotatable bonds is 3. The van der Waals surface area contributed by atoms with Gasteiger partial charge in [0.05, 0.1) is 10.3 Å². The molecule has 19 heavy (non-hydrogen) atoms. The van der Waals surface area contributed by atoms with Crippen LogP contribution in [-0.4, -0.2) is 26.2 Å². The van der Waals surface area contributed by atoms with Gasteiger partial charge in [-0.1, -0.05) is 12.1 Å². The van der Waals surface area contributed by atoms with Gasteiger partial charge in [-0.3, -0.25) is 0 Å². The topological polar surface area (TPSA) is 34.1 Å². The lowest BCUT2D eigenvalue weighted by molar-refractivity contribution is 0.602. The Kier molecular flexibility index (Phi) is 5.29. The van der Waals surface area contributed by atoms with Crippen LogP contribution in [0.25, 0.3) is 0 Å². The van der Waals surface area contributed by atoms with Crippen molar-refractivity contribution in [3.8, 4) is 0 Å². The zero-order valence-electron chi connectivity index (χ0n) is 10.5. The molecule has 1 aliphatic heterocycles. The summed E-state index contributed by atoms with van der Waals surface area (Å²) < 4.78 is 24.0. The third kappa shape index (κ3) is 4.45. The molecule has 1 aromatic rings. The molecule has 2 nitrogen and oxygen atoms in total. The molecule has 0 saturated carbocycles. The van der Waals surface area contributed by atoms with Crippen molar-refractivity contribution in [2.75, 3.05) is 17.8 Å². The van der Waals surface area contributed by atoms with Crippen LogP contribution in [0.5, 0.6) is 0 Å². The van der Waals surface area contributed by atoms with Crippen molar-refractivity contribution in [3.63, 3.8) is 0 Å². The molecule has 0 N–H and O–H groups in total. The highest BCUT2D eigenvalue weighted by Gasteiger charge is 2.12. The SMILES string of the molecule is CS(=O)(=O)c1ccc(C(Cl)C=C2SCCCS2)cc1. The molecular weight excluding hydrogens is 320 g/mol. The number of alkyl halides is 1. The van der Waals surface area contributed by atoms with Gasteiger partial charge in [-0.25, -0.2) is 8.42 Å². The summed E-state index contributed by atoms with van der Waals surface area (Å²) in [6.07, 6.45) is 4.49. The van der Waals surface area contributed by atoms with Gasteiger partial charge in [0.15, 0.2) is 9.84 Å². The molecule has 6 heteroatoms. The quantitative estimate of drug-likeness (QED) is 0.780. The first-order valence-corrected chi connectivity index (χ1v) is 10.2. The largest absolute Gasteiger partial charge is 0.224 e. The van der Waals surface area contributed by atoms with Crippen LogP contribution in [0.1, 0.15) is 17.4 Å². The minimum absolute atomic E-state index is 0.207. The molecule has 1 atom stereocenters. The van der Waals surface area contributed by atoms with Crippen LogP contribution >= 0.6 is 35.1 Å². The predicted octanol–water partition coefficient (Wildman–Crippen LogP) is 4.08. The highest BCUT2D eigenvalue weighted by Crippen LogP contribution is 2.38. The van der Waals surface area contributed by atoms with E-state index in [2.05, 4.69) is 0 Å². The molecule has 1 fully saturated rings. The van der Waals surface area contributed by atoms with Gasteiger partial charge in [0.1, 0.15) is 0 Å². The summed E-state index contributed by atoms with van der Waals surface area (Å²) in [5.74, 6) is 2.30. The second-order valence-electron chi connectivity index (χ2n) is 4.28. The van der Waals surface area contributed by atoms with Gasteiger partial charge in [0.25, 0.3) is 0 Å². The Balaban J connectivity index is 2.13. The van der Waals surface area contributed by atoms with E-state index in [-0.39, 0.29) is 5.38 Å². The molecular formula is C13H15ClO2S3. The molecule has 0 aliphatic carbocycles. The van der Waals surface area contributed by atoms with E-state index in [1.165, 1.54) is 16.9 Å². The molecule has 1 heterocycles. The van der Waals surface area contributed by atoms with Gasteiger partial charge in [-0.2, -0.15) is 0 Å². The van der Waals surface area contributed by atoms with E-state index in [0.29, 0.717) is 4.90 Å². The van der Waals surface area contributed by atoms with E-state index in [4.69, 9.17) is 11.6 Å². The molecule has 0 bridgehead atoms. The van der Waals surface area contributed by atoms with Crippen LogP contribution < -0.4 is 0 Å². The van der Waals surface area contributed by atoms with Crippen LogP contribution in [0.4, 0.5) is 0 Å². The van der Waals surface area contributed by atoms with E-state index >= 15 is 0 Å². The predicted molar refractivity (Wildman–Crippen MR) is 85.8 cm³/mol. The lowest BCUT2D eigenvalue weighted by atomic mass is 10.1. The Labute approximate surface area is 127 Å². The maximum absolute atomic E-state index is 11.4. The van der Waals surface area contributed by atoms with Crippen LogP contribution in [0.15, 0.2) is 39.5 Å². The second kappa shape index (κ2) is 6.57. The van der Waals surface area contributed by atoms with Crippen LogP contribution in [0.3, 0.4) is 0 Å². The monoisotopic (exact) mass is 334 g/mol. The fourth-order valence-corrected chi connectivity index (χ4v) is 5.17. The third-order valence-corrected chi connectivity index (χ3v) is 6.73. The van der Waals surface area contributed by atoms with Crippen molar-refractivity contribution in [2.45, 2.75) is 16.7 Å². The highest BCUT2D eigenvalue weighted by molar-refractivity contribution is 8.22. The van der Waals surface area contributed by atoms with Gasteiger partial charge in [-0.05, 0) is 41.7 Å². The zero-order chi connectivity index (χ0) is 13.9. The van der Waals surface area contributed by atoms with Crippen molar-refractivity contribution in [2.24, 2.45) is 0 Å². The summed E-state index contributed by atoms with van der Waals surface area (Å²) in [6.45, 7) is 0. The summed E-state index contributed by atoms with van der Waals surface area (Å²) in [5, 5.41) is -0.207. The molecule has 0 aromatic heterocycles. The summed E-state index contributed by atoms with van der Waals surface area (Å²) in [5.41, 5.74) is 0.924. The van der Waals surface area contributed by atoms with E-state index in [1.54, 1.807) is 24.3 Å². The van der Waals surface area contributed by atoms with Gasteiger partial charge < -0.3 is 0 Å². The normalized spacial score (nSPS) is 18.1. The lowest BCUT2D eigenvalue weighted by Gasteiger charge is -2.14. The molecule has 0 amide bonds. The van der Waals surface area contributed by atoms with Crippen molar-refractivity contribution in [3.05, 3.63) is 40.1 Å². The first kappa shape index (κ1) is 15.3. The molecule has 0 radical (unpaired) electrons. The summed E-state index contributed by atoms with van der Waals surface area (Å²) in [6, 6.07) is 6.78. The number of hydrogen-bond acceptors (Lipinski definition) is 4. The first-order valence-electron chi connectivity index (χ1n) is 5.88. The highest BCUT2D eigenvalue weighted by atomic mass is 35.5. The number of sulfone groups is 1. The van der Waals surface area contributed by atoms with Gasteiger partial charge in [0.2, 0.25) is 0 Å². The van der Waals surface area contributed by atoms with Crippen LogP contribution in [-0.2, 0) is 9.84 Å². The van der Waals surface area contributed by atoms with Gasteiger partial charge >= 0.3 is 0 Å². The molecule has 2 rings (SSSR count). The van der Waals surface area contributed by atoms with Crippen molar-refractivity contribution >= 4 is 45.0 Å². The maximum Gasteiger partial charge on any atom is 0.175 e. The Hall–Kier alpha value is -0.100. The minimum atomic E-state index is -3.14. The van der Waals surface area contributed by atoms with E-state index in [9.17, 15) is 8.42 Å². The number of thioether (sulfide) groups is 2. The fraction of sp³-hybridized carbons (Fsp3) is 0.385. The summed E-state index contributed by atoms with van der Waals surface area (Å²) >= 11 is 10.0. The minimum Gasteiger partial charge on any atom is -0.224 e. The third-order valence-electron chi connectivity index (χ3n) is 2.69. The van der Waals surface area contributed by atoms with E-state index in [0.717, 1.165) is 17.1 Å². The van der Waals surface area contributed by atoms with E-state index in [1.807, 2.05) is 29.6 Å². The number of allylic oxidation sites excluding steroid dienone is 1. The molecule has 104 valence electrons. The van der Waals surface area contributed by atoms with E-state index < -0.39 is 9.84 Å². The molecule has 1 saturated heterocycles. The Morgan fingerprint density at radius 3 is 2.32 bits per heavy atom. The summed E-state index contributed by atoms with van der Waals surface area (Å²) in [7, 11) is -3.14. The fourth-order valence-electron chi connectivity index (χ4n) is 1.66. The number of benzene rings is 1. The van der Waals surface area contributed by atoms with Gasteiger partial charge in [-0.15, -0.1) is 35.1 Å². The van der Waals surface area contributed by atoms with Crippen molar-refractivity contribution < 1.29 is 8.42 Å². The number of halogens is 1. The molecule has 1 unspecified atom stereocenters. The average molecular weight is 335 g/mol. The standard InChI is InChI=1S/C13H15ClO2S3/c1-19(15,16)11-5-3-10(4-6-11)12(14)9-13-17-7-2-8-18-13/h3-6,9,12H,2,7-8H2,1H3. The van der Waals surface area contributed by atoms with Crippen molar-refractivity contribution in [1.29, 1.82) is 0 Å². The number of hydrogen-bond donors (Lipinski definition) is 0. The molecule has 0 spiro atoms. The van der Waals surface area contributed by atoms with Crippen LogP contribution in [0.2, 0.25) is 0 Å². The van der Waals surface area contributed by atoms with Crippen molar-refractivity contribution in [1.82, 2.24) is 0 Å². The molecule has 1 aromatic carbocycles. The average Bonchev–Trinajstić information content (AvgIpc) is 2.39.